The van der Waals surface area contributed by atoms with Gasteiger partial charge in [0.1, 0.15) is 47.1 Å². The summed E-state index contributed by atoms with van der Waals surface area (Å²) in [6.07, 6.45) is 6.49. The molecule has 85 heavy (non-hydrogen) atoms. The third-order valence-corrected chi connectivity index (χ3v) is 15.7. The lowest BCUT2D eigenvalue weighted by Crippen LogP contribution is -2.43. The van der Waals surface area contributed by atoms with E-state index in [2.05, 4.69) is 68.9 Å². The fourth-order valence-electron chi connectivity index (χ4n) is 10.1. The van der Waals surface area contributed by atoms with Gasteiger partial charge < -0.3 is 72.4 Å². The summed E-state index contributed by atoms with van der Waals surface area (Å²) in [7, 11) is 0. The molecular weight excluding hydrogens is 1220 g/mol. The predicted octanol–water partition coefficient (Wildman–Crippen LogP) is 3.13. The van der Waals surface area contributed by atoms with Crippen LogP contribution in [0.3, 0.4) is 0 Å². The Morgan fingerprint density at radius 2 is 1.04 bits per heavy atom. The number of hydrogen-bond acceptors (Lipinski definition) is 18. The number of terminal acetylenes is 1. The van der Waals surface area contributed by atoms with Crippen molar-refractivity contribution >= 4 is 91.8 Å². The van der Waals surface area contributed by atoms with Gasteiger partial charge in [-0.25, -0.2) is 48.3 Å². The number of nitrogens with two attached hydrogens (primary N) is 2. The first-order chi connectivity index (χ1) is 40.9. The number of piperidine rings is 2. The molecular formula is C56H63F2IN16O10. The Morgan fingerprint density at radius 3 is 1.47 bits per heavy atom. The number of carbonyl (C=O) groups excluding carboxylic acids is 4. The zero-order valence-electron chi connectivity index (χ0n) is 45.7. The van der Waals surface area contributed by atoms with Crippen molar-refractivity contribution in [3.8, 4) is 24.2 Å². The van der Waals surface area contributed by atoms with Crippen LogP contribution >= 0.6 is 22.6 Å². The van der Waals surface area contributed by atoms with Crippen molar-refractivity contribution < 1.29 is 57.9 Å². The molecule has 2 aliphatic carbocycles. The standard InChI is InChI=1S/C28H31FN8O5.C15H17FN2O.C13H15IN6O4/c29-16-4-6-18(7-5-16)33-28(41)36-12-10-15(11-13-36)2-1-3-19-34-24(30)20-25(35-19)37(14-31-20)27-22(39)21(38)23(42-27)26(40)32-17-8-9-17;1-2-3-12-8-10-18(11-9-12)15(19)17-14-6-4-13(16)5-7-14;14-13-18-9(15)5-10(19-13)20(3-16-5)12-7(22)6(21)8(24-12)11(23)17-4-1-2-4/h4-7,14-15,17,21-23,27,38-39H,2,8-13H2,(H,32,40)(H,33,41)(H2,30,34,35);1,4-7,12H,3,8-11H2,(H,17,19);3-4,6-8,12,21-22H,1-2H2,(H,17,23)(H2,15,18,19)/t21?,22-,23-,27+;;6?,7-,8-,12+/m0.0/s1. The Morgan fingerprint density at radius 1 is 0.612 bits per heavy atom. The number of urea groups is 2. The lowest BCUT2D eigenvalue weighted by atomic mass is 9.94. The minimum Gasteiger partial charge on any atom is -0.387 e. The van der Waals surface area contributed by atoms with Gasteiger partial charge in [-0.3, -0.25) is 18.7 Å². The molecule has 8 heterocycles. The van der Waals surface area contributed by atoms with E-state index in [-0.39, 0.29) is 70.3 Å². The monoisotopic (exact) mass is 1280 g/mol. The smallest absolute Gasteiger partial charge is 0.321 e. The molecule has 6 fully saturated rings. The molecule has 26 nitrogen and oxygen atoms in total. The molecule has 4 saturated heterocycles. The second-order valence-corrected chi connectivity index (χ2v) is 22.5. The van der Waals surface area contributed by atoms with E-state index >= 15 is 0 Å². The fourth-order valence-corrected chi connectivity index (χ4v) is 10.6. The molecule has 29 heteroatoms. The van der Waals surface area contributed by atoms with Crippen LogP contribution in [-0.4, -0.2) is 168 Å². The Kier molecular flexibility index (Phi) is 18.8. The van der Waals surface area contributed by atoms with Crippen LogP contribution in [0.15, 0.2) is 61.2 Å². The van der Waals surface area contributed by atoms with Gasteiger partial charge in [-0.15, -0.1) is 12.3 Å². The number of benzene rings is 2. The fraction of sp³-hybridized carbons (Fsp3) is 0.464. The molecule has 6 amide bonds. The van der Waals surface area contributed by atoms with Crippen LogP contribution in [0.2, 0.25) is 0 Å². The van der Waals surface area contributed by atoms with Crippen LogP contribution in [0.4, 0.5) is 41.4 Å². The van der Waals surface area contributed by atoms with E-state index in [9.17, 15) is 48.4 Å². The summed E-state index contributed by atoms with van der Waals surface area (Å²) in [6.45, 7) is 2.59. The molecule has 12 N–H and O–H groups in total. The van der Waals surface area contributed by atoms with Crippen LogP contribution in [0.5, 0.6) is 0 Å². The number of halogens is 3. The molecule has 0 radical (unpaired) electrons. The molecule has 8 atom stereocenters. The highest BCUT2D eigenvalue weighted by Crippen LogP contribution is 2.35. The van der Waals surface area contributed by atoms with Crippen molar-refractivity contribution in [2.45, 2.75) is 125 Å². The normalized spacial score (nSPS) is 24.0. The van der Waals surface area contributed by atoms with Gasteiger partial charge in [-0.05, 0) is 118 Å². The van der Waals surface area contributed by atoms with Crippen LogP contribution < -0.4 is 32.7 Å². The van der Waals surface area contributed by atoms with E-state index < -0.39 is 60.9 Å². The van der Waals surface area contributed by atoms with Crippen LogP contribution in [-0.2, 0) is 19.1 Å². The number of nitrogens with zero attached hydrogens (tertiary/aromatic N) is 10. The van der Waals surface area contributed by atoms with Gasteiger partial charge in [0.15, 0.2) is 51.4 Å². The van der Waals surface area contributed by atoms with E-state index in [4.69, 9.17) is 27.4 Å². The number of aliphatic hydroxyl groups excluding tert-OH is 4. The number of amides is 6. The van der Waals surface area contributed by atoms with E-state index in [1.807, 2.05) is 22.6 Å². The van der Waals surface area contributed by atoms with Crippen molar-refractivity contribution in [2.75, 3.05) is 48.3 Å². The molecule has 4 aliphatic heterocycles. The first kappa shape index (κ1) is 60.2. The third-order valence-electron chi connectivity index (χ3n) is 15.3. The summed E-state index contributed by atoms with van der Waals surface area (Å²) < 4.78 is 40.5. The van der Waals surface area contributed by atoms with Gasteiger partial charge in [0.25, 0.3) is 11.8 Å². The molecule has 6 aliphatic rings. The van der Waals surface area contributed by atoms with Crippen molar-refractivity contribution in [3.63, 3.8) is 0 Å². The summed E-state index contributed by atoms with van der Waals surface area (Å²) in [5.74, 6) is 8.42. The highest BCUT2D eigenvalue weighted by Gasteiger charge is 2.50. The number of carbonyl (C=O) groups is 4. The average Bonchev–Trinajstić information content (AvgIpc) is 2.29. The van der Waals surface area contributed by atoms with Gasteiger partial charge in [0.05, 0.1) is 12.7 Å². The number of rotatable bonds is 10. The van der Waals surface area contributed by atoms with Crippen LogP contribution in [0, 0.1) is 51.5 Å². The minimum atomic E-state index is -1.43. The number of aromatic nitrogens is 8. The molecule has 2 aromatic carbocycles. The number of ether oxygens (including phenoxy) is 2. The molecule has 2 saturated carbocycles. The number of likely N-dealkylation sites (tertiary alicyclic amines) is 2. The number of nitrogens with one attached hydrogen (secondary N) is 4. The number of anilines is 4. The summed E-state index contributed by atoms with van der Waals surface area (Å²) in [4.78, 5) is 78.0. The van der Waals surface area contributed by atoms with E-state index in [0.29, 0.717) is 51.8 Å². The molecule has 12 rings (SSSR count). The number of imidazole rings is 2. The molecule has 4 aromatic heterocycles. The molecule has 6 aromatic rings. The van der Waals surface area contributed by atoms with Crippen molar-refractivity contribution in [1.29, 1.82) is 0 Å². The Balaban J connectivity index is 0.000000157. The van der Waals surface area contributed by atoms with Gasteiger partial charge in [-0.2, -0.15) is 0 Å². The van der Waals surface area contributed by atoms with Gasteiger partial charge in [0, 0.05) is 85.1 Å². The average molecular weight is 1290 g/mol. The van der Waals surface area contributed by atoms with Crippen LogP contribution in [0.25, 0.3) is 22.3 Å². The lowest BCUT2D eigenvalue weighted by molar-refractivity contribution is -0.138. The molecule has 2 unspecified atom stereocenters. The maximum absolute atomic E-state index is 13.1. The highest BCUT2D eigenvalue weighted by atomic mass is 127. The third kappa shape index (κ3) is 14.6. The quantitative estimate of drug-likeness (QED) is 0.0535. The molecule has 448 valence electrons. The largest absolute Gasteiger partial charge is 0.387 e. The van der Waals surface area contributed by atoms with Crippen LogP contribution in [0.1, 0.15) is 82.5 Å². The predicted molar refractivity (Wildman–Crippen MR) is 311 cm³/mol. The zero-order chi connectivity index (χ0) is 60.1. The SMILES string of the molecule is C#CCC1CCN(C(=O)Nc2ccc(F)cc2)CC1.Nc1nc(C#CCC2CCN(C(=O)Nc3ccc(F)cc3)CC2)nc2c1ncn2[C@@H]1O[C@H](C(=O)NC2CC2)C(O)[C@@H]1O.Nc1nc(I)nc2c1ncn2[C@@H]1O[C@H](C(=O)NC2CC2)C(O)[C@@H]1O. The topological polar surface area (TPSA) is 362 Å². The maximum Gasteiger partial charge on any atom is 0.321 e. The lowest BCUT2D eigenvalue weighted by Gasteiger charge is -2.31. The van der Waals surface area contributed by atoms with E-state index in [1.54, 1.807) is 21.9 Å². The van der Waals surface area contributed by atoms with Crippen molar-refractivity contribution in [3.05, 3.63) is 82.5 Å². The molecule has 0 spiro atoms. The summed E-state index contributed by atoms with van der Waals surface area (Å²) in [5, 5.41) is 52.7. The number of fused-ring (bicyclic) bond motifs is 2. The molecule has 0 bridgehead atoms. The first-order valence-electron chi connectivity index (χ1n) is 27.8. The summed E-state index contributed by atoms with van der Waals surface area (Å²) in [5.41, 5.74) is 14.4. The van der Waals surface area contributed by atoms with Gasteiger partial charge in [-0.1, -0.05) is 5.92 Å². The second kappa shape index (κ2) is 26.6. The van der Waals surface area contributed by atoms with Crippen molar-refractivity contribution in [1.82, 2.24) is 59.5 Å². The highest BCUT2D eigenvalue weighted by molar-refractivity contribution is 14.1. The zero-order valence-corrected chi connectivity index (χ0v) is 47.8. The first-order valence-corrected chi connectivity index (χ1v) is 28.8. The second-order valence-electron chi connectivity index (χ2n) is 21.5. The maximum atomic E-state index is 13.1. The Labute approximate surface area is 499 Å². The number of nitrogen functional groups attached to an aromatic ring is 2. The van der Waals surface area contributed by atoms with Gasteiger partial charge >= 0.3 is 12.1 Å². The number of aliphatic hydroxyl groups is 4. The van der Waals surface area contributed by atoms with E-state index in [0.717, 1.165) is 70.9 Å². The van der Waals surface area contributed by atoms with E-state index in [1.165, 1.54) is 58.2 Å². The Bertz CT molecular complexity index is 3500. The minimum absolute atomic E-state index is 0.0760. The summed E-state index contributed by atoms with van der Waals surface area (Å²) in [6, 6.07) is 11.2. The number of hydrogen-bond donors (Lipinski definition) is 10. The Hall–Kier alpha value is -7.91. The van der Waals surface area contributed by atoms with Crippen molar-refractivity contribution in [2.24, 2.45) is 11.8 Å². The summed E-state index contributed by atoms with van der Waals surface area (Å²) >= 11 is 1.91. The van der Waals surface area contributed by atoms with Gasteiger partial charge in [0.2, 0.25) is 5.82 Å².